The van der Waals surface area contributed by atoms with Crippen LogP contribution in [0.1, 0.15) is 44.7 Å². The van der Waals surface area contributed by atoms with Crippen molar-refractivity contribution in [2.45, 2.75) is 52.1 Å². The van der Waals surface area contributed by atoms with E-state index >= 15 is 0 Å². The summed E-state index contributed by atoms with van der Waals surface area (Å²) in [5.74, 6) is 4.99. The molecule has 0 spiro atoms. The van der Waals surface area contributed by atoms with E-state index < -0.39 is 17.7 Å². The van der Waals surface area contributed by atoms with Gasteiger partial charge in [0.1, 0.15) is 11.4 Å². The molecule has 2 heterocycles. The molecule has 0 radical (unpaired) electrons. The van der Waals surface area contributed by atoms with Crippen molar-refractivity contribution in [1.82, 2.24) is 5.32 Å². The first-order valence-electron chi connectivity index (χ1n) is 9.41. The van der Waals surface area contributed by atoms with Gasteiger partial charge in [-0.1, -0.05) is 12.0 Å². The lowest BCUT2D eigenvalue weighted by atomic mass is 9.91. The van der Waals surface area contributed by atoms with E-state index in [1.54, 1.807) is 20.8 Å². The molecule has 27 heavy (non-hydrogen) atoms. The fourth-order valence-electron chi connectivity index (χ4n) is 3.51. The monoisotopic (exact) mass is 370 g/mol. The highest BCUT2D eigenvalue weighted by Crippen LogP contribution is 2.40. The second-order valence-corrected chi connectivity index (χ2v) is 7.79. The smallest absolute Gasteiger partial charge is 0.408 e. The number of rotatable bonds is 2. The molecule has 0 saturated carbocycles. The summed E-state index contributed by atoms with van der Waals surface area (Å²) in [6, 6.07) is 3.93. The van der Waals surface area contributed by atoms with Crippen molar-refractivity contribution in [1.29, 1.82) is 0 Å². The number of hydrogen-bond donors (Lipinski definition) is 1. The van der Waals surface area contributed by atoms with Crippen LogP contribution in [0.4, 0.5) is 10.5 Å². The first kappa shape index (κ1) is 19.1. The van der Waals surface area contributed by atoms with Crippen LogP contribution in [0.5, 0.6) is 5.75 Å². The summed E-state index contributed by atoms with van der Waals surface area (Å²) in [6.45, 7) is 7.49. The van der Waals surface area contributed by atoms with Gasteiger partial charge in [-0.15, -0.1) is 0 Å². The Bertz CT molecular complexity index is 797. The molecule has 0 aromatic heterocycles. The molecule has 2 aliphatic heterocycles. The summed E-state index contributed by atoms with van der Waals surface area (Å²) in [4.78, 5) is 26.0. The van der Waals surface area contributed by atoms with Crippen molar-refractivity contribution < 1.29 is 19.1 Å². The molecule has 6 heteroatoms. The predicted octanol–water partition coefficient (Wildman–Crippen LogP) is 2.82. The Kier molecular flexibility index (Phi) is 5.59. The van der Waals surface area contributed by atoms with Gasteiger partial charge in [-0.2, -0.15) is 0 Å². The minimum Gasteiger partial charge on any atom is -0.444 e. The minimum absolute atomic E-state index is 0.0227. The highest BCUT2D eigenvalue weighted by Gasteiger charge is 2.26. The molecule has 3 rings (SSSR count). The number of nitrogens with zero attached hydrogens (tertiary/aromatic N) is 1. The molecule has 144 valence electrons. The zero-order chi connectivity index (χ0) is 19.4. The molecule has 2 aliphatic rings. The van der Waals surface area contributed by atoms with E-state index in [0.717, 1.165) is 37.9 Å². The van der Waals surface area contributed by atoms with Crippen LogP contribution >= 0.6 is 0 Å². The summed E-state index contributed by atoms with van der Waals surface area (Å²) in [5.41, 5.74) is 3.12. The second kappa shape index (κ2) is 7.91. The van der Waals surface area contributed by atoms with Gasteiger partial charge < -0.3 is 19.7 Å². The number of esters is 1. The largest absolute Gasteiger partial charge is 0.444 e. The summed E-state index contributed by atoms with van der Waals surface area (Å²) in [6.07, 6.45) is 3.65. The number of amides is 1. The maximum absolute atomic E-state index is 12.1. The third-order valence-corrected chi connectivity index (χ3v) is 4.48. The molecule has 1 aromatic rings. The van der Waals surface area contributed by atoms with Gasteiger partial charge >= 0.3 is 12.1 Å². The fraction of sp³-hybridized carbons (Fsp3) is 0.524. The molecule has 1 amide bonds. The third kappa shape index (κ3) is 4.94. The number of carbonyl (C=O) groups is 2. The molecule has 0 saturated heterocycles. The molecule has 0 atom stereocenters. The average Bonchev–Trinajstić information content (AvgIpc) is 2.60. The summed E-state index contributed by atoms with van der Waals surface area (Å²) >= 11 is 0. The van der Waals surface area contributed by atoms with Crippen molar-refractivity contribution in [3.05, 3.63) is 23.3 Å². The van der Waals surface area contributed by atoms with Crippen LogP contribution in [0, 0.1) is 11.8 Å². The van der Waals surface area contributed by atoms with Gasteiger partial charge in [0, 0.05) is 30.3 Å². The van der Waals surface area contributed by atoms with Gasteiger partial charge in [-0.25, -0.2) is 9.59 Å². The lowest BCUT2D eigenvalue weighted by Gasteiger charge is -2.37. The molecular formula is C21H26N2O4. The molecule has 0 fully saturated rings. The number of aryl methyl sites for hydroxylation is 1. The van der Waals surface area contributed by atoms with E-state index in [2.05, 4.69) is 28.1 Å². The zero-order valence-corrected chi connectivity index (χ0v) is 16.2. The quantitative estimate of drug-likeness (QED) is 0.375. The van der Waals surface area contributed by atoms with Gasteiger partial charge in [-0.3, -0.25) is 0 Å². The number of ether oxygens (including phenoxy) is 2. The first-order valence-corrected chi connectivity index (χ1v) is 9.41. The minimum atomic E-state index is -0.620. The SMILES string of the molecule is CC(C)(C)OC(=O)NCC#CC(=O)Oc1ccc2c3c1CCCN3CCC2. The number of benzene rings is 1. The van der Waals surface area contributed by atoms with Crippen molar-refractivity contribution in [2.24, 2.45) is 0 Å². The van der Waals surface area contributed by atoms with E-state index in [4.69, 9.17) is 9.47 Å². The Labute approximate surface area is 160 Å². The third-order valence-electron chi connectivity index (χ3n) is 4.48. The highest BCUT2D eigenvalue weighted by molar-refractivity contribution is 5.90. The molecular weight excluding hydrogens is 344 g/mol. The molecule has 0 bridgehead atoms. The molecule has 0 unspecified atom stereocenters. The van der Waals surface area contributed by atoms with Crippen LogP contribution in [0.2, 0.25) is 0 Å². The maximum Gasteiger partial charge on any atom is 0.408 e. The molecule has 1 N–H and O–H groups in total. The first-order chi connectivity index (χ1) is 12.8. The van der Waals surface area contributed by atoms with Crippen LogP contribution in [-0.4, -0.2) is 37.3 Å². The molecule has 6 nitrogen and oxygen atoms in total. The van der Waals surface area contributed by atoms with Crippen molar-refractivity contribution in [3.8, 4) is 17.6 Å². The van der Waals surface area contributed by atoms with E-state index in [1.807, 2.05) is 6.07 Å². The van der Waals surface area contributed by atoms with Crippen LogP contribution in [-0.2, 0) is 22.4 Å². The Morgan fingerprint density at radius 3 is 2.67 bits per heavy atom. The van der Waals surface area contributed by atoms with Crippen LogP contribution in [0.15, 0.2) is 12.1 Å². The van der Waals surface area contributed by atoms with Gasteiger partial charge in [-0.05, 0) is 58.1 Å². The van der Waals surface area contributed by atoms with E-state index in [0.29, 0.717) is 5.75 Å². The summed E-state index contributed by atoms with van der Waals surface area (Å²) < 4.78 is 10.6. The fourth-order valence-corrected chi connectivity index (χ4v) is 3.51. The number of alkyl carbamates (subject to hydrolysis) is 1. The second-order valence-electron chi connectivity index (χ2n) is 7.79. The summed E-state index contributed by atoms with van der Waals surface area (Å²) in [5, 5.41) is 2.49. The topological polar surface area (TPSA) is 67.9 Å². The Balaban J connectivity index is 1.60. The van der Waals surface area contributed by atoms with Gasteiger partial charge in [0.25, 0.3) is 0 Å². The zero-order valence-electron chi connectivity index (χ0n) is 16.2. The van der Waals surface area contributed by atoms with Crippen LogP contribution < -0.4 is 15.0 Å². The van der Waals surface area contributed by atoms with E-state index in [9.17, 15) is 9.59 Å². The van der Waals surface area contributed by atoms with Gasteiger partial charge in [0.15, 0.2) is 0 Å². The standard InChI is InChI=1S/C21H26N2O4/c1-21(2,3)27-20(25)22-12-4-9-18(24)26-17-11-10-15-7-5-13-23-14-6-8-16(17)19(15)23/h10-11H,5-8,12-14H2,1-3H3,(H,22,25). The maximum atomic E-state index is 12.1. The van der Waals surface area contributed by atoms with E-state index in [1.165, 1.54) is 17.7 Å². The average molecular weight is 370 g/mol. The Hall–Kier alpha value is -2.68. The van der Waals surface area contributed by atoms with Crippen molar-refractivity contribution in [2.75, 3.05) is 24.5 Å². The summed E-state index contributed by atoms with van der Waals surface area (Å²) in [7, 11) is 0. The van der Waals surface area contributed by atoms with Crippen molar-refractivity contribution in [3.63, 3.8) is 0 Å². The van der Waals surface area contributed by atoms with Crippen molar-refractivity contribution >= 4 is 17.7 Å². The van der Waals surface area contributed by atoms with E-state index in [-0.39, 0.29) is 6.54 Å². The Morgan fingerprint density at radius 1 is 1.19 bits per heavy atom. The number of nitrogens with one attached hydrogen (secondary N) is 1. The number of anilines is 1. The lowest BCUT2D eigenvalue weighted by Crippen LogP contribution is -2.34. The van der Waals surface area contributed by atoms with Crippen LogP contribution in [0.3, 0.4) is 0 Å². The Morgan fingerprint density at radius 2 is 1.93 bits per heavy atom. The predicted molar refractivity (Wildman–Crippen MR) is 103 cm³/mol. The lowest BCUT2D eigenvalue weighted by molar-refractivity contribution is -0.128. The molecule has 1 aromatic carbocycles. The molecule has 0 aliphatic carbocycles. The number of carbonyl (C=O) groups excluding carboxylic acids is 2. The normalized spacial score (nSPS) is 15.1. The number of hydrogen-bond acceptors (Lipinski definition) is 5. The van der Waals surface area contributed by atoms with Gasteiger partial charge in [0.2, 0.25) is 0 Å². The van der Waals surface area contributed by atoms with Gasteiger partial charge in [0.05, 0.1) is 6.54 Å². The highest BCUT2D eigenvalue weighted by atomic mass is 16.6. The van der Waals surface area contributed by atoms with Crippen LogP contribution in [0.25, 0.3) is 0 Å².